The first-order valence-electron chi connectivity index (χ1n) is 10.8. The van der Waals surface area contributed by atoms with Crippen molar-refractivity contribution in [3.63, 3.8) is 0 Å². The van der Waals surface area contributed by atoms with Crippen LogP contribution in [0.15, 0.2) is 77.7 Å². The molecule has 0 spiro atoms. The van der Waals surface area contributed by atoms with Crippen LogP contribution in [0.2, 0.25) is 0 Å². The van der Waals surface area contributed by atoms with Crippen LogP contribution in [0.25, 0.3) is 5.69 Å². The minimum atomic E-state index is -0.212. The van der Waals surface area contributed by atoms with Gasteiger partial charge in [-0.25, -0.2) is 4.68 Å². The molecule has 4 rings (SSSR count). The van der Waals surface area contributed by atoms with Gasteiger partial charge in [-0.1, -0.05) is 35.9 Å². The fourth-order valence-electron chi connectivity index (χ4n) is 3.50. The van der Waals surface area contributed by atoms with E-state index in [-0.39, 0.29) is 12.5 Å². The zero-order chi connectivity index (χ0) is 24.1. The third-order valence-corrected chi connectivity index (χ3v) is 6.60. The molecule has 1 aromatic heterocycles. The van der Waals surface area contributed by atoms with Gasteiger partial charge in [0.15, 0.2) is 0 Å². The van der Waals surface area contributed by atoms with Gasteiger partial charge in [0.2, 0.25) is 10.7 Å². The van der Waals surface area contributed by atoms with Gasteiger partial charge in [-0.2, -0.15) is 5.10 Å². The number of nitrogens with zero attached hydrogens (tertiary/aromatic N) is 3. The van der Waals surface area contributed by atoms with Gasteiger partial charge in [0.25, 0.3) is 0 Å². The Balaban J connectivity index is 1.60. The summed E-state index contributed by atoms with van der Waals surface area (Å²) in [6.07, 6.45) is 0. The molecule has 0 radical (unpaired) electrons. The number of nitrogens with one attached hydrogen (secondary N) is 1. The number of ether oxygens (including phenoxy) is 1. The molecule has 4 aromatic rings. The van der Waals surface area contributed by atoms with Crippen molar-refractivity contribution in [1.29, 1.82) is 0 Å². The first-order valence-corrected chi connectivity index (χ1v) is 12.2. The fourth-order valence-corrected chi connectivity index (χ4v) is 4.62. The molecule has 0 aliphatic carbocycles. The van der Waals surface area contributed by atoms with E-state index in [2.05, 4.69) is 42.6 Å². The van der Waals surface area contributed by atoms with Crippen molar-refractivity contribution in [2.75, 3.05) is 12.4 Å². The van der Waals surface area contributed by atoms with Crippen LogP contribution >= 0.6 is 24.0 Å². The van der Waals surface area contributed by atoms with Crippen molar-refractivity contribution in [2.45, 2.75) is 31.0 Å². The molecule has 174 valence electrons. The number of hydrogen-bond acceptors (Lipinski definition) is 5. The average molecular weight is 491 g/mol. The quantitative estimate of drug-likeness (QED) is 0.244. The zero-order valence-electron chi connectivity index (χ0n) is 19.3. The van der Waals surface area contributed by atoms with Crippen LogP contribution in [0.4, 0.5) is 5.69 Å². The number of rotatable bonds is 8. The topological polar surface area (TPSA) is 61.1 Å². The molecule has 1 N–H and O–H groups in total. The summed E-state index contributed by atoms with van der Waals surface area (Å²) in [5.41, 5.74) is 3.94. The summed E-state index contributed by atoms with van der Waals surface area (Å²) in [4.78, 5) is 13.9. The zero-order valence-corrected chi connectivity index (χ0v) is 21.0. The summed E-state index contributed by atoms with van der Waals surface area (Å²) in [6.45, 7) is 4.12. The number of carbonyl (C=O) groups is 1. The molecule has 0 aliphatic rings. The second-order valence-corrected chi connectivity index (χ2v) is 9.33. The molecule has 8 heteroatoms. The van der Waals surface area contributed by atoms with Crippen LogP contribution < -0.4 is 10.1 Å². The third-order valence-electron chi connectivity index (χ3n) is 5.20. The summed E-state index contributed by atoms with van der Waals surface area (Å²) in [6, 6.07) is 23.7. The largest absolute Gasteiger partial charge is 0.497 e. The van der Waals surface area contributed by atoms with Crippen LogP contribution in [0.3, 0.4) is 0 Å². The van der Waals surface area contributed by atoms with Gasteiger partial charge < -0.3 is 10.1 Å². The lowest BCUT2D eigenvalue weighted by atomic mass is 10.2. The van der Waals surface area contributed by atoms with Gasteiger partial charge >= 0.3 is 0 Å². The molecular formula is C26H26N4O2S2. The number of anilines is 1. The van der Waals surface area contributed by atoms with E-state index in [1.807, 2.05) is 47.9 Å². The SMILES string of the molecule is COc1cccc(NC(=O)Cn2nc(CSc3ccc(C)cc3)n(-c3cccc(C)c3)c2=S)c1. The van der Waals surface area contributed by atoms with E-state index in [1.54, 1.807) is 29.6 Å². The molecule has 0 saturated heterocycles. The number of thioether (sulfide) groups is 1. The Kier molecular flexibility index (Phi) is 7.49. The van der Waals surface area contributed by atoms with Gasteiger partial charge in [-0.3, -0.25) is 9.36 Å². The maximum Gasteiger partial charge on any atom is 0.246 e. The lowest BCUT2D eigenvalue weighted by molar-refractivity contribution is -0.116. The number of benzene rings is 3. The van der Waals surface area contributed by atoms with E-state index in [9.17, 15) is 4.79 Å². The molecule has 3 aromatic carbocycles. The maximum absolute atomic E-state index is 12.8. The number of hydrogen-bond donors (Lipinski definition) is 1. The third kappa shape index (κ3) is 5.76. The van der Waals surface area contributed by atoms with Crippen LogP contribution in [-0.4, -0.2) is 27.4 Å². The van der Waals surface area contributed by atoms with E-state index < -0.39 is 0 Å². The number of aryl methyl sites for hydroxylation is 2. The normalized spacial score (nSPS) is 10.8. The molecule has 0 atom stereocenters. The van der Waals surface area contributed by atoms with Gasteiger partial charge in [-0.05, 0) is 68.0 Å². The second-order valence-electron chi connectivity index (χ2n) is 7.91. The Labute approximate surface area is 208 Å². The van der Waals surface area contributed by atoms with Gasteiger partial charge in [0.1, 0.15) is 18.1 Å². The Morgan fingerprint density at radius 2 is 1.79 bits per heavy atom. The summed E-state index contributed by atoms with van der Waals surface area (Å²) in [5.74, 6) is 1.87. The van der Waals surface area contributed by atoms with Crippen molar-refractivity contribution in [3.05, 3.63) is 94.5 Å². The van der Waals surface area contributed by atoms with Crippen molar-refractivity contribution >= 4 is 35.6 Å². The van der Waals surface area contributed by atoms with E-state index >= 15 is 0 Å². The van der Waals surface area contributed by atoms with E-state index in [0.717, 1.165) is 22.0 Å². The molecule has 1 amide bonds. The molecule has 0 bridgehead atoms. The summed E-state index contributed by atoms with van der Waals surface area (Å²) < 4.78 is 9.24. The first-order chi connectivity index (χ1) is 16.4. The molecule has 0 unspecified atom stereocenters. The van der Waals surface area contributed by atoms with Crippen molar-refractivity contribution < 1.29 is 9.53 Å². The van der Waals surface area contributed by atoms with Gasteiger partial charge in [0, 0.05) is 22.3 Å². The Bertz CT molecular complexity index is 1360. The van der Waals surface area contributed by atoms with Crippen molar-refractivity contribution in [2.24, 2.45) is 0 Å². The molecule has 6 nitrogen and oxygen atoms in total. The van der Waals surface area contributed by atoms with Gasteiger partial charge in [-0.15, -0.1) is 11.8 Å². The van der Waals surface area contributed by atoms with Crippen molar-refractivity contribution in [1.82, 2.24) is 14.3 Å². The van der Waals surface area contributed by atoms with Crippen LogP contribution in [0.1, 0.15) is 17.0 Å². The summed E-state index contributed by atoms with van der Waals surface area (Å²) in [5, 5.41) is 7.63. The number of aromatic nitrogens is 3. The molecular weight excluding hydrogens is 464 g/mol. The van der Waals surface area contributed by atoms with Crippen LogP contribution in [-0.2, 0) is 17.1 Å². The highest BCUT2D eigenvalue weighted by atomic mass is 32.2. The van der Waals surface area contributed by atoms with Gasteiger partial charge in [0.05, 0.1) is 12.9 Å². The van der Waals surface area contributed by atoms with E-state index in [1.165, 1.54) is 5.56 Å². The predicted octanol–water partition coefficient (Wildman–Crippen LogP) is 5.96. The van der Waals surface area contributed by atoms with Crippen molar-refractivity contribution in [3.8, 4) is 11.4 Å². The van der Waals surface area contributed by atoms with E-state index in [4.69, 9.17) is 22.1 Å². The summed E-state index contributed by atoms with van der Waals surface area (Å²) in [7, 11) is 1.59. The molecule has 1 heterocycles. The molecule has 0 saturated carbocycles. The van der Waals surface area contributed by atoms with Crippen LogP contribution in [0.5, 0.6) is 5.75 Å². The smallest absolute Gasteiger partial charge is 0.246 e. The number of carbonyl (C=O) groups excluding carboxylic acids is 1. The second kappa shape index (κ2) is 10.7. The highest BCUT2D eigenvalue weighted by Gasteiger charge is 2.16. The first kappa shape index (κ1) is 23.8. The Morgan fingerprint density at radius 3 is 2.53 bits per heavy atom. The predicted molar refractivity (Wildman–Crippen MR) is 139 cm³/mol. The number of methoxy groups -OCH3 is 1. The highest BCUT2D eigenvalue weighted by Crippen LogP contribution is 2.25. The minimum Gasteiger partial charge on any atom is -0.497 e. The van der Waals surface area contributed by atoms with E-state index in [0.29, 0.717) is 22.0 Å². The number of amides is 1. The highest BCUT2D eigenvalue weighted by molar-refractivity contribution is 7.98. The fraction of sp³-hybridized carbons (Fsp3) is 0.192. The average Bonchev–Trinajstić information content (AvgIpc) is 3.13. The lowest BCUT2D eigenvalue weighted by Gasteiger charge is -2.08. The maximum atomic E-state index is 12.8. The standard InChI is InChI=1S/C26H26N4O2S2/c1-18-10-12-23(13-11-18)34-17-24-28-29(26(33)30(24)21-8-4-6-19(2)14-21)16-25(31)27-20-7-5-9-22(15-20)32-3/h4-15H,16-17H2,1-3H3,(H,27,31). The minimum absolute atomic E-state index is 0.0110. The molecule has 34 heavy (non-hydrogen) atoms. The summed E-state index contributed by atoms with van der Waals surface area (Å²) >= 11 is 7.45. The van der Waals surface area contributed by atoms with Crippen LogP contribution in [0, 0.1) is 18.6 Å². The lowest BCUT2D eigenvalue weighted by Crippen LogP contribution is -2.19. The molecule has 0 aliphatic heterocycles. The Hall–Kier alpha value is -3.36. The Morgan fingerprint density at radius 1 is 1.03 bits per heavy atom. The monoisotopic (exact) mass is 490 g/mol. The molecule has 0 fully saturated rings.